The summed E-state index contributed by atoms with van der Waals surface area (Å²) in [6.45, 7) is 7.64. The van der Waals surface area contributed by atoms with Crippen molar-refractivity contribution in [1.29, 1.82) is 0 Å². The van der Waals surface area contributed by atoms with E-state index in [9.17, 15) is 98.4 Å². The second kappa shape index (κ2) is 68.5. The second-order valence-corrected chi connectivity index (χ2v) is 28.7. The summed E-state index contributed by atoms with van der Waals surface area (Å²) in [5.74, 6) is -7.53. The highest BCUT2D eigenvalue weighted by molar-refractivity contribution is 6.18. The first kappa shape index (κ1) is 109. The molecule has 0 aromatic carbocycles. The highest BCUT2D eigenvalue weighted by Crippen LogP contribution is 2.17. The van der Waals surface area contributed by atoms with Crippen molar-refractivity contribution < 1.29 is 136 Å². The number of ketones is 4. The normalized spacial score (nSPS) is 15.7. The third kappa shape index (κ3) is 56.4. The van der Waals surface area contributed by atoms with Crippen LogP contribution in [0.1, 0.15) is 101 Å². The Bertz CT molecular complexity index is 3230. The van der Waals surface area contributed by atoms with Gasteiger partial charge in [-0.1, -0.05) is 0 Å². The molecule has 2 aromatic rings. The van der Waals surface area contributed by atoms with Gasteiger partial charge in [-0.3, -0.25) is 96.7 Å². The molecule has 0 saturated carbocycles. The minimum absolute atomic E-state index is 0. The smallest absolute Gasteiger partial charge is 0.320 e. The summed E-state index contributed by atoms with van der Waals surface area (Å²) in [6.07, 6.45) is 6.18. The van der Waals surface area contributed by atoms with Crippen LogP contribution in [0.5, 0.6) is 0 Å². The monoisotopic (exact) mass is 1750 g/mol. The molecule has 0 radical (unpaired) electrons. The Labute approximate surface area is 709 Å². The molecule has 0 amide bonds. The lowest BCUT2D eigenvalue weighted by Crippen LogP contribution is -2.51. The Kier molecular flexibility index (Phi) is 61.7. The summed E-state index contributed by atoms with van der Waals surface area (Å²) in [5.41, 5.74) is 6.16. The number of carboxylic acid groups (broad SMARTS) is 8. The fourth-order valence-corrected chi connectivity index (χ4v) is 12.6. The van der Waals surface area contributed by atoms with Crippen molar-refractivity contribution in [3.8, 4) is 11.6 Å². The summed E-state index contributed by atoms with van der Waals surface area (Å²) in [5, 5.41) is 92.7. The molecule has 2 aliphatic rings. The van der Waals surface area contributed by atoms with Crippen molar-refractivity contribution in [2.75, 3.05) is 262 Å². The molecular weight excluding hydrogens is 1620 g/mol. The number of halogens is 1. The van der Waals surface area contributed by atoms with Crippen molar-refractivity contribution in [2.24, 2.45) is 5.73 Å². The average molecular weight is 1750 g/mol. The van der Waals surface area contributed by atoms with Gasteiger partial charge in [-0.05, 0) is 57.6 Å². The van der Waals surface area contributed by atoms with Crippen LogP contribution in [0, 0.1) is 0 Å². The maximum Gasteiger partial charge on any atom is 0.320 e. The maximum atomic E-state index is 12.8. The van der Waals surface area contributed by atoms with Crippen LogP contribution in [0.15, 0.2) is 12.3 Å². The predicted molar refractivity (Wildman–Crippen MR) is 433 cm³/mol. The molecule has 4 heterocycles. The average Bonchev–Trinajstić information content (AvgIpc) is 0.856. The molecule has 0 bridgehead atoms. The molecule has 121 heavy (non-hydrogen) atoms. The molecular formula is C76H129ClN16O28. The number of Topliss-reactive ketones (excluding diaryl/α,β-unsaturated/α-hetero) is 4. The van der Waals surface area contributed by atoms with Gasteiger partial charge >= 0.3 is 47.8 Å². The van der Waals surface area contributed by atoms with E-state index in [1.807, 2.05) is 0 Å². The number of carboxylic acids is 8. The molecule has 2 aromatic heterocycles. The van der Waals surface area contributed by atoms with Gasteiger partial charge in [0.15, 0.2) is 5.82 Å². The summed E-state index contributed by atoms with van der Waals surface area (Å²) in [4.78, 5) is 166. The zero-order chi connectivity index (χ0) is 87.9. The Balaban J connectivity index is 0.000000882. The molecule has 2 fully saturated rings. The van der Waals surface area contributed by atoms with E-state index in [2.05, 4.69) is 30.4 Å². The van der Waals surface area contributed by atoms with Crippen LogP contribution in [0.25, 0.3) is 11.6 Å². The van der Waals surface area contributed by atoms with Gasteiger partial charge in [-0.25, -0.2) is 9.97 Å². The topological polar surface area (TPSA) is 605 Å². The number of carbonyl (C=O) groups is 12. The van der Waals surface area contributed by atoms with E-state index in [1.165, 1.54) is 0 Å². The van der Waals surface area contributed by atoms with Gasteiger partial charge in [0.05, 0.1) is 125 Å². The molecule has 2 unspecified atom stereocenters. The van der Waals surface area contributed by atoms with E-state index in [-0.39, 0.29) is 230 Å². The first-order valence-electron chi connectivity index (χ1n) is 40.7. The Morgan fingerprint density at radius 1 is 0.347 bits per heavy atom. The Morgan fingerprint density at radius 3 is 0.909 bits per heavy atom. The lowest BCUT2D eigenvalue weighted by Gasteiger charge is -2.35. The van der Waals surface area contributed by atoms with E-state index in [0.717, 1.165) is 0 Å². The number of ether oxygens (including phenoxy) is 8. The van der Waals surface area contributed by atoms with Gasteiger partial charge in [0.1, 0.15) is 35.2 Å². The van der Waals surface area contributed by atoms with Gasteiger partial charge in [0, 0.05) is 200 Å². The Hall–Kier alpha value is -7.97. The van der Waals surface area contributed by atoms with Crippen LogP contribution >= 0.6 is 11.6 Å². The third-order valence-electron chi connectivity index (χ3n) is 18.8. The minimum atomic E-state index is -1.15. The molecule has 4 rings (SSSR count). The number of hydrogen-bond acceptors (Lipinski definition) is 36. The van der Waals surface area contributed by atoms with Crippen molar-refractivity contribution >= 4 is 82.5 Å². The number of carbonyl (C=O) groups excluding carboxylic acids is 4. The van der Waals surface area contributed by atoms with Gasteiger partial charge in [0.25, 0.3) is 0 Å². The van der Waals surface area contributed by atoms with Gasteiger partial charge in [-0.15, -0.1) is 32.0 Å². The highest BCUT2D eigenvalue weighted by Gasteiger charge is 2.31. The van der Waals surface area contributed by atoms with Gasteiger partial charge < -0.3 is 90.6 Å². The van der Waals surface area contributed by atoms with Crippen LogP contribution in [-0.2, 0) is 108 Å². The largest absolute Gasteiger partial charge is 0.480 e. The maximum absolute atomic E-state index is 12.8. The van der Waals surface area contributed by atoms with Crippen LogP contribution in [0.2, 0.25) is 0 Å². The number of hydrogen-bond donors (Lipinski definition) is 10. The Morgan fingerprint density at radius 2 is 0.620 bits per heavy atom. The molecule has 2 aliphatic heterocycles. The van der Waals surface area contributed by atoms with E-state index >= 15 is 0 Å². The van der Waals surface area contributed by atoms with E-state index in [4.69, 9.17) is 55.2 Å². The highest BCUT2D eigenvalue weighted by atomic mass is 35.5. The number of aliphatic carboxylic acids is 8. The summed E-state index contributed by atoms with van der Waals surface area (Å²) >= 11 is 5.51. The lowest BCUT2D eigenvalue weighted by atomic mass is 10.0. The molecule has 44 nitrogen and oxygen atoms in total. The van der Waals surface area contributed by atoms with Crippen LogP contribution in [-0.4, -0.2) is 456 Å². The first-order chi connectivity index (χ1) is 57.7. The number of alkyl halides is 1. The molecule has 45 heteroatoms. The van der Waals surface area contributed by atoms with Crippen LogP contribution < -0.4 is 11.9 Å². The SMILES string of the molecule is N.NCCc1nnc(-c2nccc(CCC(=O)CCCC(=O)CCCOCCOCCOCCOCCCC(=O)CCC(C(=O)O)N3CCN(CC(=O)O)CCN(CC(=O)O)CCN(CC(=O)O)CC3)n2)nn1.O=C(O)CN1CCN(CC(=O)O)CCN(C(CCC(=O)CCCOCCOCCOCCOCCCl)C(=O)O)CCN(CC(=O)O)CC1. The quantitative estimate of drug-likeness (QED) is 0.0277. The standard InChI is InChI=1S/C46H73N11O15.C30H53ClN4O13.H3N/c47-14-12-40-50-52-45(53-51-40)44-48-15-13-35(49-44)8-9-37(59)5-1-4-36(58)6-2-24-69-26-28-71-30-31-72-29-27-70-25-3-7-38(60)10-11-39(46(67)68)57-22-20-55(33-42(63)64)18-16-54(32-41(61)62)17-19-56(21-23-57)34-43(65)66;31-5-15-46-17-19-48-21-20-47-18-16-45-14-1-2-25(36)3-4-26(30(43)44)35-12-10-33(23-28(39)40)8-6-32(22-27(37)38)7-9-34(11-13-35)24-29(41)42;/h13,15,39H,1-12,14,16-34,47H2,(H,61,62)(H,63,64)(H,65,66)(H,67,68);26H,1-24H2,(H,37,38)(H,39,40)(H,41,42)(H,43,44);1H3. The van der Waals surface area contributed by atoms with Crippen molar-refractivity contribution in [2.45, 2.75) is 115 Å². The molecule has 688 valence electrons. The van der Waals surface area contributed by atoms with Gasteiger partial charge in [0.2, 0.25) is 11.6 Å². The fraction of sp³-hybridized carbons (Fsp3) is 0.763. The van der Waals surface area contributed by atoms with E-state index in [0.29, 0.717) is 187 Å². The predicted octanol–water partition coefficient (Wildman–Crippen LogP) is -1.12. The van der Waals surface area contributed by atoms with Crippen molar-refractivity contribution in [1.82, 2.24) is 75.7 Å². The van der Waals surface area contributed by atoms with E-state index in [1.54, 1.807) is 51.5 Å². The molecule has 2 saturated heterocycles. The lowest BCUT2D eigenvalue weighted by molar-refractivity contribution is -0.145. The molecule has 0 aliphatic carbocycles. The summed E-state index contributed by atoms with van der Waals surface area (Å²) < 4.78 is 43.6. The molecule has 13 N–H and O–H groups in total. The fourth-order valence-electron chi connectivity index (χ4n) is 12.5. The summed E-state index contributed by atoms with van der Waals surface area (Å²) in [6, 6.07) is -0.403. The van der Waals surface area contributed by atoms with Crippen LogP contribution in [0.4, 0.5) is 0 Å². The number of nitrogens with zero attached hydrogens (tertiary/aromatic N) is 14. The number of rotatable bonds is 64. The zero-order valence-corrected chi connectivity index (χ0v) is 70.3. The zero-order valence-electron chi connectivity index (χ0n) is 69.6. The number of aryl methyl sites for hydroxylation is 1. The summed E-state index contributed by atoms with van der Waals surface area (Å²) in [7, 11) is 0. The molecule has 2 atom stereocenters. The minimum Gasteiger partial charge on any atom is -0.480 e. The molecule has 0 spiro atoms. The first-order valence-corrected chi connectivity index (χ1v) is 41.2. The third-order valence-corrected chi connectivity index (χ3v) is 19.0. The van der Waals surface area contributed by atoms with Crippen molar-refractivity contribution in [3.63, 3.8) is 0 Å². The number of aromatic nitrogens is 6. The van der Waals surface area contributed by atoms with Crippen LogP contribution in [0.3, 0.4) is 0 Å². The van der Waals surface area contributed by atoms with Crippen molar-refractivity contribution in [3.05, 3.63) is 23.8 Å². The second-order valence-electron chi connectivity index (χ2n) is 28.3. The van der Waals surface area contributed by atoms with Gasteiger partial charge in [-0.2, -0.15) is 0 Å². The van der Waals surface area contributed by atoms with E-state index < -0.39 is 59.8 Å². The number of nitrogens with two attached hydrogens (primary N) is 1.